The highest BCUT2D eigenvalue weighted by Crippen LogP contribution is 2.47. The van der Waals surface area contributed by atoms with E-state index in [1.54, 1.807) is 46.9 Å². The van der Waals surface area contributed by atoms with Gasteiger partial charge >= 0.3 is 11.4 Å². The van der Waals surface area contributed by atoms with E-state index < -0.39 is 24.1 Å². The number of benzene rings is 2. The van der Waals surface area contributed by atoms with Gasteiger partial charge in [-0.1, -0.05) is 59.1 Å². The Hall–Kier alpha value is -8.78. The molecule has 0 bridgehead atoms. The molecule has 38 heteroatoms. The van der Waals surface area contributed by atoms with E-state index in [2.05, 4.69) is 75.6 Å². The van der Waals surface area contributed by atoms with Crippen LogP contribution in [0.1, 0.15) is 51.4 Å². The predicted molar refractivity (Wildman–Crippen MR) is 445 cm³/mol. The van der Waals surface area contributed by atoms with E-state index in [0.717, 1.165) is 159 Å². The first kappa shape index (κ1) is 86.1. The molecule has 4 spiro atoms. The quantitative estimate of drug-likeness (QED) is 0.0186. The third-order valence-electron chi connectivity index (χ3n) is 21.0. The van der Waals surface area contributed by atoms with Gasteiger partial charge in [0.15, 0.2) is 11.6 Å². The molecule has 0 unspecified atom stereocenters. The van der Waals surface area contributed by atoms with Crippen LogP contribution < -0.4 is 71.3 Å². The Labute approximate surface area is 682 Å². The lowest BCUT2D eigenvalue weighted by Crippen LogP contribution is -2.58. The number of halogens is 4. The van der Waals surface area contributed by atoms with Gasteiger partial charge in [0.05, 0.1) is 67.7 Å². The molecule has 0 saturated carbocycles. The second-order valence-corrected chi connectivity index (χ2v) is 37.7. The third kappa shape index (κ3) is 22.0. The van der Waals surface area contributed by atoms with Crippen LogP contribution in [0, 0.1) is 41.9 Å². The minimum atomic E-state index is -2.51. The lowest BCUT2D eigenvalue weighted by molar-refractivity contribution is -0.386. The van der Waals surface area contributed by atoms with Crippen LogP contribution in [0.25, 0.3) is 0 Å². The second kappa shape index (κ2) is 38.3. The molecule has 0 radical (unpaired) electrons. The van der Waals surface area contributed by atoms with E-state index in [1.165, 1.54) is 70.7 Å². The van der Waals surface area contributed by atoms with Gasteiger partial charge in [-0.3, -0.25) is 20.2 Å². The maximum atomic E-state index is 12.7. The Balaban J connectivity index is 0.000000142. The van der Waals surface area contributed by atoms with Crippen molar-refractivity contribution >= 4 is 140 Å². The Kier molecular flexibility index (Phi) is 28.9. The van der Waals surface area contributed by atoms with E-state index >= 15 is 0 Å². The monoisotopic (exact) mass is 1690 g/mol. The molecule has 2 aromatic carbocycles. The molecule has 8 aliphatic rings. The van der Waals surface area contributed by atoms with Gasteiger partial charge in [-0.15, -0.1) is 0 Å². The summed E-state index contributed by atoms with van der Waals surface area (Å²) in [5.74, 6) is 4.67. The van der Waals surface area contributed by atoms with E-state index in [-0.39, 0.29) is 33.6 Å². The normalized spacial score (nSPS) is 17.8. The first-order chi connectivity index (χ1) is 54.6. The molecule has 0 aliphatic carbocycles. The molecule has 0 amide bonds. The second-order valence-electron chi connectivity index (χ2n) is 29.8. The van der Waals surface area contributed by atoms with E-state index in [0.29, 0.717) is 83.8 Å². The summed E-state index contributed by atoms with van der Waals surface area (Å²) in [5, 5.41) is 36.4. The molecule has 0 atom stereocenters. The topological polar surface area (TPSA) is 381 Å². The van der Waals surface area contributed by atoms with Gasteiger partial charge in [0.25, 0.3) is 11.8 Å². The van der Waals surface area contributed by atoms with Crippen LogP contribution in [0.4, 0.5) is 69.2 Å². The summed E-state index contributed by atoms with van der Waals surface area (Å²) in [6.45, 7) is 22.4. The number of methoxy groups -OCH3 is 4. The molecule has 16 rings (SSSR count). The molecule has 612 valence electrons. The van der Waals surface area contributed by atoms with Crippen LogP contribution in [0.2, 0.25) is 20.5 Å². The van der Waals surface area contributed by atoms with E-state index in [1.807, 2.05) is 72.8 Å². The lowest BCUT2D eigenvalue weighted by Gasteiger charge is -2.52. The zero-order valence-corrected chi connectivity index (χ0v) is 69.7. The molecular weight excluding hydrogens is 1590 g/mol. The van der Waals surface area contributed by atoms with Crippen molar-refractivity contribution in [2.75, 3.05) is 197 Å². The van der Waals surface area contributed by atoms with E-state index in [9.17, 15) is 29.4 Å². The Morgan fingerprint density at radius 2 is 0.833 bits per heavy atom. The van der Waals surface area contributed by atoms with Gasteiger partial charge in [0.1, 0.15) is 52.6 Å². The standard InChI is InChI=1S/C25H30ClN6O3P.C13H17N3O4.C13H19N3O2.C12H12Cl2N3OP.C7H13NO.C6H5ClN2O3/c1-34-23-19(8-9-21(30-23)32-15-25(16-32)10-12-35-13-11-25)29-24-27-14-17(26)22(31-24)28-18-6-4-5-7-20(18)36(2,3)33;1-19-12-10(16(17)18)2-3-11(14-12)15-8-13(9-15)4-6-20-7-5-13;1-17-12-10(14)2-3-11(15-12)16-8-13(9-16)4-6-18-7-5-13;1-19(2,18)10-6-4-3-5-9(10)16-11-8(13)7-15-12(14)17-11;1-3-9-4-2-7(1)5-8-6-7;1-12-6-4(9(10)11)2-3-5(7)8-6/h4-9,14H,10-13,15-16H2,1-3H3,(H2,27,28,29,31);2-3H,4-9H2,1H3;2-3H,4-9,14H2,1H3;3-7H,1-2H3,(H,15,16,17);8H,1-6H2;2-3H,1H3. The lowest BCUT2D eigenvalue weighted by atomic mass is 9.73. The molecule has 6 N–H and O–H groups in total. The van der Waals surface area contributed by atoms with Crippen molar-refractivity contribution in [2.45, 2.75) is 51.4 Å². The summed E-state index contributed by atoms with van der Waals surface area (Å²) < 4.78 is 67.0. The van der Waals surface area contributed by atoms with Crippen LogP contribution in [-0.4, -0.2) is 210 Å². The Bertz CT molecular complexity index is 4730. The highest BCUT2D eigenvalue weighted by molar-refractivity contribution is 7.70. The minimum absolute atomic E-state index is 0.0698. The maximum absolute atomic E-state index is 12.7. The molecule has 6 aromatic heterocycles. The smallest absolute Gasteiger partial charge is 0.331 e. The van der Waals surface area contributed by atoms with Gasteiger partial charge in [-0.05, 0) is 156 Å². The van der Waals surface area contributed by atoms with Crippen LogP contribution in [0.5, 0.6) is 23.5 Å². The molecule has 14 heterocycles. The third-order valence-corrected chi connectivity index (χ3v) is 25.1. The number of nitro groups is 2. The summed E-state index contributed by atoms with van der Waals surface area (Å²) >= 11 is 23.6. The van der Waals surface area contributed by atoms with Crippen LogP contribution >= 0.6 is 60.7 Å². The van der Waals surface area contributed by atoms with Gasteiger partial charge < -0.3 is 88.7 Å². The van der Waals surface area contributed by atoms with Gasteiger partial charge in [-0.2, -0.15) is 29.9 Å². The average molecular weight is 1690 g/mol. The van der Waals surface area contributed by atoms with Crippen molar-refractivity contribution in [2.24, 2.45) is 21.7 Å². The zero-order chi connectivity index (χ0) is 81.4. The highest BCUT2D eigenvalue weighted by atomic mass is 35.5. The first-order valence-corrected chi connectivity index (χ1v) is 43.8. The highest BCUT2D eigenvalue weighted by Gasteiger charge is 2.47. The molecule has 114 heavy (non-hydrogen) atoms. The van der Waals surface area contributed by atoms with Gasteiger partial charge in [0.2, 0.25) is 23.0 Å². The van der Waals surface area contributed by atoms with Crippen molar-refractivity contribution < 1.29 is 56.9 Å². The van der Waals surface area contributed by atoms with Crippen molar-refractivity contribution in [3.63, 3.8) is 0 Å². The fraction of sp³-hybridized carbons (Fsp3) is 0.474. The van der Waals surface area contributed by atoms with Crippen molar-refractivity contribution in [1.82, 2.24) is 45.2 Å². The predicted octanol–water partition coefficient (Wildman–Crippen LogP) is 13.6. The number of ether oxygens (including phenoxy) is 8. The number of nitrogens with zero attached hydrogens (tertiary/aromatic N) is 13. The maximum Gasteiger partial charge on any atom is 0.331 e. The number of aromatic nitrogens is 8. The van der Waals surface area contributed by atoms with Crippen LogP contribution in [0.15, 0.2) is 109 Å². The van der Waals surface area contributed by atoms with Crippen molar-refractivity contribution in [3.05, 3.63) is 150 Å². The number of para-hydroxylation sites is 2. The summed E-state index contributed by atoms with van der Waals surface area (Å²) in [6.07, 6.45) is 12.2. The number of nitrogens with one attached hydrogen (secondary N) is 4. The molecule has 32 nitrogen and oxygen atoms in total. The summed E-state index contributed by atoms with van der Waals surface area (Å²) in [7, 11) is 0.974. The van der Waals surface area contributed by atoms with Crippen molar-refractivity contribution in [3.8, 4) is 23.5 Å². The number of rotatable bonds is 17. The van der Waals surface area contributed by atoms with Crippen LogP contribution in [0.3, 0.4) is 0 Å². The number of pyridine rings is 4. The summed E-state index contributed by atoms with van der Waals surface area (Å²) in [4.78, 5) is 60.5. The molecule has 8 saturated heterocycles. The number of anilines is 10. The SMILES string of the molecule is C1CC2(CCO1)CNC2.COc1nc(Cl)ccc1[N+](=O)[O-].COc1nc(N2CC3(CCOCC3)C2)ccc1N.COc1nc(N2CC3(CCOCC3)C2)ccc1Nc1ncc(Cl)c(Nc2ccccc2P(C)(C)=O)n1.COc1nc(N2CC3(CCOCC3)C2)ccc1[N+](=O)[O-].CP(C)(=O)c1ccccc1Nc1nc(Cl)ncc1Cl. The van der Waals surface area contributed by atoms with E-state index in [4.69, 9.17) is 90.3 Å². The van der Waals surface area contributed by atoms with Gasteiger partial charge in [0, 0.05) is 144 Å². The zero-order valence-electron chi connectivity index (χ0n) is 64.9. The van der Waals surface area contributed by atoms with Crippen LogP contribution in [-0.2, 0) is 28.1 Å². The molecule has 8 fully saturated rings. The average Bonchev–Trinajstić information content (AvgIpc) is 0.768. The molecular formula is C76H96Cl4N18O14P2. The van der Waals surface area contributed by atoms with Gasteiger partial charge in [-0.25, -0.2) is 9.97 Å². The summed E-state index contributed by atoms with van der Waals surface area (Å²) in [5.41, 5.74) is 9.92. The number of hydrogen-bond donors (Lipinski definition) is 5. The van der Waals surface area contributed by atoms with Crippen molar-refractivity contribution in [1.29, 1.82) is 0 Å². The first-order valence-electron chi connectivity index (χ1n) is 37.0. The number of hydrogen-bond acceptors (Lipinski definition) is 30. The largest absolute Gasteiger partial charge is 0.479 e. The summed E-state index contributed by atoms with van der Waals surface area (Å²) in [6, 6.07) is 28.2. The number of nitrogens with two attached hydrogens (primary N) is 1. The number of nitrogen functional groups attached to an aromatic ring is 1. The Morgan fingerprint density at radius 3 is 1.25 bits per heavy atom. The Morgan fingerprint density at radius 1 is 0.456 bits per heavy atom. The fourth-order valence-corrected chi connectivity index (χ4v) is 17.3. The molecule has 8 aliphatic heterocycles. The fourth-order valence-electron chi connectivity index (χ4n) is 14.4. The molecule has 8 aromatic rings. The minimum Gasteiger partial charge on any atom is -0.479 e.